The van der Waals surface area contributed by atoms with Gasteiger partial charge in [0.1, 0.15) is 24.0 Å². The smallest absolute Gasteiger partial charge is 0.283 e. The molecule has 2 heterocycles. The zero-order valence-electron chi connectivity index (χ0n) is 22.2. The first kappa shape index (κ1) is 27.0. The number of amidine groups is 2. The molecule has 3 aromatic carbocycles. The van der Waals surface area contributed by atoms with E-state index in [-0.39, 0.29) is 11.4 Å². The number of carbonyl (C=O) groups excluding carboxylic acids is 1. The van der Waals surface area contributed by atoms with Gasteiger partial charge in [0.15, 0.2) is 17.3 Å². The molecule has 0 saturated heterocycles. The number of hydrogen-bond acceptors (Lipinski definition) is 7. The summed E-state index contributed by atoms with van der Waals surface area (Å²) >= 11 is 1.28. The van der Waals surface area contributed by atoms with E-state index >= 15 is 0 Å². The van der Waals surface area contributed by atoms with Gasteiger partial charge in [0.2, 0.25) is 5.17 Å². The van der Waals surface area contributed by atoms with Crippen molar-refractivity contribution in [3.8, 4) is 17.2 Å². The molecular weight excluding hydrogens is 524 g/mol. The molecule has 1 N–H and O–H groups in total. The number of methoxy groups -OCH3 is 1. The summed E-state index contributed by atoms with van der Waals surface area (Å²) in [6, 6.07) is 21.0. The Morgan fingerprint density at radius 2 is 1.75 bits per heavy atom. The number of benzene rings is 3. The van der Waals surface area contributed by atoms with Gasteiger partial charge in [-0.3, -0.25) is 10.2 Å². The fourth-order valence-corrected chi connectivity index (χ4v) is 4.96. The molecule has 0 unspecified atom stereocenters. The minimum absolute atomic E-state index is 0.00459. The van der Waals surface area contributed by atoms with E-state index in [0.717, 1.165) is 28.7 Å². The molecule has 0 atom stereocenters. The van der Waals surface area contributed by atoms with Crippen LogP contribution in [0.1, 0.15) is 22.3 Å². The normalized spacial score (nSPS) is 15.4. The van der Waals surface area contributed by atoms with Crippen LogP contribution < -0.4 is 14.2 Å². The third-order valence-electron chi connectivity index (χ3n) is 6.16. The summed E-state index contributed by atoms with van der Waals surface area (Å²) in [7, 11) is 1.61. The molecule has 3 aromatic rings. The summed E-state index contributed by atoms with van der Waals surface area (Å²) in [5.74, 6) is 1.51. The third kappa shape index (κ3) is 6.00. The summed E-state index contributed by atoms with van der Waals surface area (Å²) < 4.78 is 17.1. The predicted octanol–water partition coefficient (Wildman–Crippen LogP) is 5.86. The van der Waals surface area contributed by atoms with Gasteiger partial charge in [-0.05, 0) is 66.6 Å². The van der Waals surface area contributed by atoms with Gasteiger partial charge in [0, 0.05) is 5.56 Å². The molecule has 0 aromatic heterocycles. The molecule has 202 valence electrons. The second-order valence-corrected chi connectivity index (χ2v) is 9.99. The molecule has 8 nitrogen and oxygen atoms in total. The Morgan fingerprint density at radius 3 is 2.48 bits per heavy atom. The van der Waals surface area contributed by atoms with E-state index in [1.165, 1.54) is 16.8 Å². The van der Waals surface area contributed by atoms with Crippen LogP contribution in [0.4, 0.5) is 0 Å². The van der Waals surface area contributed by atoms with Crippen LogP contribution in [0.15, 0.2) is 95.1 Å². The van der Waals surface area contributed by atoms with Gasteiger partial charge in [-0.2, -0.15) is 15.1 Å². The number of fused-ring (bicyclic) bond motifs is 1. The highest BCUT2D eigenvalue weighted by Gasteiger charge is 2.36. The first-order valence-electron chi connectivity index (χ1n) is 12.7. The van der Waals surface area contributed by atoms with Crippen LogP contribution in [0.25, 0.3) is 6.08 Å². The van der Waals surface area contributed by atoms with Crippen molar-refractivity contribution >= 4 is 39.8 Å². The van der Waals surface area contributed by atoms with Crippen molar-refractivity contribution in [1.82, 2.24) is 5.01 Å². The van der Waals surface area contributed by atoms with Crippen LogP contribution in [-0.2, 0) is 11.2 Å². The van der Waals surface area contributed by atoms with Gasteiger partial charge in [0.25, 0.3) is 5.91 Å². The Hall–Kier alpha value is -4.63. The topological polar surface area (TPSA) is 96.6 Å². The van der Waals surface area contributed by atoms with E-state index in [9.17, 15) is 4.79 Å². The number of nitrogens with zero attached hydrogens (tertiary/aromatic N) is 3. The number of nitrogens with one attached hydrogen (secondary N) is 1. The molecular formula is C31H28N4O4S. The third-order valence-corrected chi connectivity index (χ3v) is 7.12. The lowest BCUT2D eigenvalue weighted by Crippen LogP contribution is -2.35. The summed E-state index contributed by atoms with van der Waals surface area (Å²) in [6.45, 7) is 6.46. The molecule has 0 radical (unpaired) electrons. The molecule has 40 heavy (non-hydrogen) atoms. The monoisotopic (exact) mass is 552 g/mol. The lowest BCUT2D eigenvalue weighted by molar-refractivity contribution is -0.114. The molecule has 9 heteroatoms. The van der Waals surface area contributed by atoms with Crippen LogP contribution >= 0.6 is 11.8 Å². The van der Waals surface area contributed by atoms with Crippen molar-refractivity contribution in [3.63, 3.8) is 0 Å². The number of ether oxygens (including phenoxy) is 3. The number of amides is 1. The van der Waals surface area contributed by atoms with Crippen LogP contribution in [0.5, 0.6) is 17.2 Å². The quantitative estimate of drug-likeness (QED) is 0.192. The zero-order valence-corrected chi connectivity index (χ0v) is 23.0. The zero-order chi connectivity index (χ0) is 28.1. The van der Waals surface area contributed by atoms with Crippen molar-refractivity contribution in [2.45, 2.75) is 13.3 Å². The Balaban J connectivity index is 1.19. The van der Waals surface area contributed by atoms with Crippen molar-refractivity contribution in [2.75, 3.05) is 20.3 Å². The number of carbonyl (C=O) groups is 1. The molecule has 1 amide bonds. The lowest BCUT2D eigenvalue weighted by Gasteiger charge is -2.20. The maximum atomic E-state index is 12.8. The van der Waals surface area contributed by atoms with E-state index in [0.29, 0.717) is 40.7 Å². The molecule has 2 aliphatic rings. The van der Waals surface area contributed by atoms with E-state index in [1.807, 2.05) is 79.7 Å². The molecule has 0 aliphatic carbocycles. The second kappa shape index (κ2) is 12.0. The average Bonchev–Trinajstić information content (AvgIpc) is 3.39. The Labute approximate surface area is 237 Å². The summed E-state index contributed by atoms with van der Waals surface area (Å²) in [4.78, 5) is 16.9. The standard InChI is InChI=1S/C31H28N4O4S/c1-4-5-21-10-15-26(27(19-21)37-3)39-17-16-38-24-13-8-22(9-14-24)18-25-28(32)35-31(33-29(25)36)40-30(34-35)23-11-6-20(2)7-12-23/h4,6-15,18-19,32H,1,5,16-17H2,2-3H3/b25-18-,32-28?. The molecule has 0 saturated carbocycles. The first-order valence-corrected chi connectivity index (χ1v) is 13.5. The summed E-state index contributed by atoms with van der Waals surface area (Å²) in [6.07, 6.45) is 4.25. The highest BCUT2D eigenvalue weighted by molar-refractivity contribution is 8.27. The molecule has 5 rings (SSSR count). The number of thioether (sulfide) groups is 1. The van der Waals surface area contributed by atoms with Crippen molar-refractivity contribution < 1.29 is 19.0 Å². The fourth-order valence-electron chi connectivity index (χ4n) is 4.07. The van der Waals surface area contributed by atoms with Crippen molar-refractivity contribution in [2.24, 2.45) is 10.1 Å². The van der Waals surface area contributed by atoms with Crippen LogP contribution in [-0.4, -0.2) is 47.3 Å². The minimum Gasteiger partial charge on any atom is -0.493 e. The van der Waals surface area contributed by atoms with E-state index < -0.39 is 5.91 Å². The fraction of sp³-hybridized carbons (Fsp3) is 0.161. The molecule has 2 aliphatic heterocycles. The highest BCUT2D eigenvalue weighted by Crippen LogP contribution is 2.31. The summed E-state index contributed by atoms with van der Waals surface area (Å²) in [5, 5.41) is 15.6. The van der Waals surface area contributed by atoms with E-state index in [1.54, 1.807) is 13.2 Å². The number of hydrogen-bond donors (Lipinski definition) is 1. The average molecular weight is 553 g/mol. The number of aliphatic imine (C=N–C) groups is 1. The van der Waals surface area contributed by atoms with Crippen LogP contribution in [0.3, 0.4) is 0 Å². The maximum Gasteiger partial charge on any atom is 0.283 e. The van der Waals surface area contributed by atoms with Crippen LogP contribution in [0.2, 0.25) is 0 Å². The Bertz CT molecular complexity index is 1540. The number of allylic oxidation sites excluding steroid dienone is 1. The van der Waals surface area contributed by atoms with Gasteiger partial charge in [-0.1, -0.05) is 54.1 Å². The van der Waals surface area contributed by atoms with E-state index in [2.05, 4.69) is 16.7 Å². The largest absolute Gasteiger partial charge is 0.493 e. The van der Waals surface area contributed by atoms with Gasteiger partial charge in [-0.15, -0.1) is 6.58 Å². The van der Waals surface area contributed by atoms with Crippen molar-refractivity contribution in [3.05, 3.63) is 107 Å². The highest BCUT2D eigenvalue weighted by atomic mass is 32.2. The Morgan fingerprint density at radius 1 is 1.00 bits per heavy atom. The van der Waals surface area contributed by atoms with Gasteiger partial charge in [-0.25, -0.2) is 0 Å². The SMILES string of the molecule is C=CCc1ccc(OCCOc2ccc(/C=C3/C(=N)N4N=C(c5ccc(C)cc5)SC4=NC3=O)cc2)c(OC)c1. The molecule has 0 fully saturated rings. The van der Waals surface area contributed by atoms with Gasteiger partial charge < -0.3 is 14.2 Å². The van der Waals surface area contributed by atoms with Crippen LogP contribution in [0, 0.1) is 12.3 Å². The van der Waals surface area contributed by atoms with Gasteiger partial charge >= 0.3 is 0 Å². The lowest BCUT2D eigenvalue weighted by atomic mass is 10.1. The minimum atomic E-state index is -0.463. The number of hydrazone groups is 1. The molecule has 0 spiro atoms. The number of rotatable bonds is 10. The second-order valence-electron chi connectivity index (χ2n) is 9.04. The first-order chi connectivity index (χ1) is 19.4. The van der Waals surface area contributed by atoms with Crippen molar-refractivity contribution in [1.29, 1.82) is 5.41 Å². The number of aryl methyl sites for hydroxylation is 1. The maximum absolute atomic E-state index is 12.8. The van der Waals surface area contributed by atoms with E-state index in [4.69, 9.17) is 19.6 Å². The van der Waals surface area contributed by atoms with Gasteiger partial charge in [0.05, 0.1) is 12.7 Å². The molecule has 0 bridgehead atoms. The predicted molar refractivity (Wildman–Crippen MR) is 160 cm³/mol. The summed E-state index contributed by atoms with van der Waals surface area (Å²) in [5.41, 5.74) is 4.08. The Kier molecular flexibility index (Phi) is 8.12.